The molecule has 0 spiro atoms. The van der Waals surface area contributed by atoms with Gasteiger partial charge in [-0.2, -0.15) is 0 Å². The first-order valence-corrected chi connectivity index (χ1v) is 6.79. The van der Waals surface area contributed by atoms with Crippen LogP contribution in [-0.2, 0) is 9.53 Å². The van der Waals surface area contributed by atoms with Crippen LogP contribution in [0.4, 0.5) is 0 Å². The number of ether oxygens (including phenoxy) is 2. The fourth-order valence-electron chi connectivity index (χ4n) is 1.59. The van der Waals surface area contributed by atoms with Crippen LogP contribution in [0, 0.1) is 0 Å². The number of carbonyl (C=O) groups is 2. The number of aromatic carboxylic acids is 1. The number of carboxylic acids is 1. The van der Waals surface area contributed by atoms with Gasteiger partial charge in [0.05, 0.1) is 0 Å². The highest BCUT2D eigenvalue weighted by Gasteiger charge is 2.18. The topological polar surface area (TPSA) is 84.9 Å². The van der Waals surface area contributed by atoms with E-state index in [9.17, 15) is 9.59 Å². The number of hydrogen-bond acceptors (Lipinski definition) is 4. The van der Waals surface area contributed by atoms with E-state index in [4.69, 9.17) is 26.2 Å². The molecule has 7 heteroatoms. The molecule has 0 aromatic heterocycles. The van der Waals surface area contributed by atoms with Gasteiger partial charge in [-0.05, 0) is 31.5 Å². The number of hydrogen-bond donors (Lipinski definition) is 2. The zero-order chi connectivity index (χ0) is 15.8. The number of carboxylic acid groups (broad SMARTS) is 1. The zero-order valence-corrected chi connectivity index (χ0v) is 12.6. The molecule has 1 aromatic rings. The Bertz CT molecular complexity index is 506. The van der Waals surface area contributed by atoms with E-state index < -0.39 is 12.1 Å². The fraction of sp³-hybridized carbons (Fsp3) is 0.429. The second kappa shape index (κ2) is 8.49. The molecular formula is C14H18ClNO5. The Morgan fingerprint density at radius 1 is 1.43 bits per heavy atom. The Morgan fingerprint density at radius 2 is 2.14 bits per heavy atom. The summed E-state index contributed by atoms with van der Waals surface area (Å²) >= 11 is 5.82. The molecule has 1 atom stereocenters. The maximum atomic E-state index is 11.8. The summed E-state index contributed by atoms with van der Waals surface area (Å²) in [5, 5.41) is 12.1. The third kappa shape index (κ3) is 5.61. The molecule has 1 amide bonds. The van der Waals surface area contributed by atoms with Crippen LogP contribution in [0.25, 0.3) is 0 Å². The van der Waals surface area contributed by atoms with Crippen molar-refractivity contribution in [2.24, 2.45) is 0 Å². The van der Waals surface area contributed by atoms with Gasteiger partial charge in [0.2, 0.25) is 0 Å². The molecule has 0 aliphatic heterocycles. The molecule has 1 unspecified atom stereocenters. The number of methoxy groups -OCH3 is 1. The highest BCUT2D eigenvalue weighted by Crippen LogP contribution is 2.24. The van der Waals surface area contributed by atoms with Crippen molar-refractivity contribution in [1.29, 1.82) is 0 Å². The third-order valence-corrected chi connectivity index (χ3v) is 2.91. The monoisotopic (exact) mass is 315 g/mol. The SMILES string of the molecule is COCCCNC(=O)C(C)Oc1cc(Cl)ccc1C(=O)O. The summed E-state index contributed by atoms with van der Waals surface area (Å²) in [5.41, 5.74) is -0.0431. The molecule has 0 saturated heterocycles. The minimum Gasteiger partial charge on any atom is -0.480 e. The van der Waals surface area contributed by atoms with E-state index in [2.05, 4.69) is 5.32 Å². The van der Waals surface area contributed by atoms with Gasteiger partial charge in [-0.25, -0.2) is 4.79 Å². The first-order chi connectivity index (χ1) is 9.95. The summed E-state index contributed by atoms with van der Waals surface area (Å²) < 4.78 is 10.3. The average molecular weight is 316 g/mol. The van der Waals surface area contributed by atoms with Gasteiger partial charge in [-0.3, -0.25) is 4.79 Å². The van der Waals surface area contributed by atoms with E-state index >= 15 is 0 Å². The summed E-state index contributed by atoms with van der Waals surface area (Å²) in [6.07, 6.45) is -0.143. The molecule has 1 aromatic carbocycles. The van der Waals surface area contributed by atoms with E-state index in [0.29, 0.717) is 24.6 Å². The molecule has 1 rings (SSSR count). The molecule has 0 saturated carbocycles. The highest BCUT2D eigenvalue weighted by atomic mass is 35.5. The van der Waals surface area contributed by atoms with Crippen molar-refractivity contribution in [2.45, 2.75) is 19.4 Å². The lowest BCUT2D eigenvalue weighted by Crippen LogP contribution is -2.37. The summed E-state index contributed by atoms with van der Waals surface area (Å²) in [4.78, 5) is 22.9. The predicted octanol–water partition coefficient (Wildman–Crippen LogP) is 1.96. The lowest BCUT2D eigenvalue weighted by atomic mass is 10.2. The standard InChI is InChI=1S/C14H18ClNO5/c1-9(13(17)16-6-3-7-20-2)21-12-8-10(15)4-5-11(12)14(18)19/h4-5,8-9H,3,6-7H2,1-2H3,(H,16,17)(H,18,19). The number of nitrogens with one attached hydrogen (secondary N) is 1. The molecule has 0 aliphatic carbocycles. The van der Waals surface area contributed by atoms with Gasteiger partial charge in [0.25, 0.3) is 5.91 Å². The molecule has 116 valence electrons. The van der Waals surface area contributed by atoms with Crippen molar-refractivity contribution in [3.63, 3.8) is 0 Å². The van der Waals surface area contributed by atoms with E-state index in [1.165, 1.54) is 25.1 Å². The van der Waals surface area contributed by atoms with Crippen molar-refractivity contribution in [1.82, 2.24) is 5.32 Å². The molecule has 0 fully saturated rings. The molecular weight excluding hydrogens is 298 g/mol. The summed E-state index contributed by atoms with van der Waals surface area (Å²) in [6.45, 7) is 2.55. The number of amides is 1. The second-order valence-corrected chi connectivity index (χ2v) is 4.78. The number of benzene rings is 1. The zero-order valence-electron chi connectivity index (χ0n) is 11.9. The molecule has 6 nitrogen and oxygen atoms in total. The van der Waals surface area contributed by atoms with Gasteiger partial charge >= 0.3 is 5.97 Å². The van der Waals surface area contributed by atoms with Gasteiger partial charge in [0.1, 0.15) is 11.3 Å². The number of rotatable bonds is 8. The smallest absolute Gasteiger partial charge is 0.339 e. The average Bonchev–Trinajstić information content (AvgIpc) is 2.43. The van der Waals surface area contributed by atoms with Gasteiger partial charge in [0, 0.05) is 25.3 Å². The van der Waals surface area contributed by atoms with Crippen LogP contribution in [-0.4, -0.2) is 43.3 Å². The Hall–Kier alpha value is -1.79. The summed E-state index contributed by atoms with van der Waals surface area (Å²) in [7, 11) is 1.58. The molecule has 21 heavy (non-hydrogen) atoms. The largest absolute Gasteiger partial charge is 0.480 e. The number of carbonyl (C=O) groups excluding carboxylic acids is 1. The summed E-state index contributed by atoms with van der Waals surface area (Å²) in [5.74, 6) is -1.41. The van der Waals surface area contributed by atoms with Crippen LogP contribution >= 0.6 is 11.6 Å². The van der Waals surface area contributed by atoms with Crippen LogP contribution in [0.2, 0.25) is 5.02 Å². The van der Waals surface area contributed by atoms with Gasteiger partial charge in [-0.1, -0.05) is 11.6 Å². The van der Waals surface area contributed by atoms with Crippen LogP contribution in [0.5, 0.6) is 5.75 Å². The second-order valence-electron chi connectivity index (χ2n) is 4.34. The van der Waals surface area contributed by atoms with Gasteiger partial charge < -0.3 is 19.9 Å². The molecule has 0 bridgehead atoms. The van der Waals surface area contributed by atoms with Gasteiger partial charge in [-0.15, -0.1) is 0 Å². The first kappa shape index (κ1) is 17.3. The highest BCUT2D eigenvalue weighted by molar-refractivity contribution is 6.30. The van der Waals surface area contributed by atoms with Crippen LogP contribution in [0.1, 0.15) is 23.7 Å². The van der Waals surface area contributed by atoms with Crippen molar-refractivity contribution in [3.8, 4) is 5.75 Å². The van der Waals surface area contributed by atoms with Crippen LogP contribution in [0.15, 0.2) is 18.2 Å². The first-order valence-electron chi connectivity index (χ1n) is 6.42. The number of halogens is 1. The van der Waals surface area contributed by atoms with Crippen molar-refractivity contribution in [3.05, 3.63) is 28.8 Å². The fourth-order valence-corrected chi connectivity index (χ4v) is 1.75. The lowest BCUT2D eigenvalue weighted by Gasteiger charge is -2.16. The Morgan fingerprint density at radius 3 is 2.76 bits per heavy atom. The minimum atomic E-state index is -1.14. The van der Waals surface area contributed by atoms with E-state index in [1.807, 2.05) is 0 Å². The van der Waals surface area contributed by atoms with Crippen molar-refractivity contribution < 1.29 is 24.2 Å². The lowest BCUT2D eigenvalue weighted by molar-refractivity contribution is -0.127. The van der Waals surface area contributed by atoms with Gasteiger partial charge in [0.15, 0.2) is 6.10 Å². The van der Waals surface area contributed by atoms with Crippen molar-refractivity contribution >= 4 is 23.5 Å². The Kier molecular flexibility index (Phi) is 6.98. The van der Waals surface area contributed by atoms with Crippen LogP contribution < -0.4 is 10.1 Å². The molecule has 0 heterocycles. The van der Waals surface area contributed by atoms with Crippen LogP contribution in [0.3, 0.4) is 0 Å². The Balaban J connectivity index is 2.65. The minimum absolute atomic E-state index is 0.0431. The summed E-state index contributed by atoms with van der Waals surface area (Å²) in [6, 6.07) is 4.16. The predicted molar refractivity (Wildman–Crippen MR) is 78.0 cm³/mol. The molecule has 0 aliphatic rings. The maximum absolute atomic E-state index is 11.8. The quantitative estimate of drug-likeness (QED) is 0.716. The maximum Gasteiger partial charge on any atom is 0.339 e. The molecule has 0 radical (unpaired) electrons. The van der Waals surface area contributed by atoms with E-state index in [0.717, 1.165) is 0 Å². The van der Waals surface area contributed by atoms with E-state index in [1.54, 1.807) is 7.11 Å². The Labute approximate surface area is 128 Å². The van der Waals surface area contributed by atoms with Crippen molar-refractivity contribution in [2.75, 3.05) is 20.3 Å². The third-order valence-electron chi connectivity index (χ3n) is 2.67. The molecule has 2 N–H and O–H groups in total. The normalized spacial score (nSPS) is 11.8. The van der Waals surface area contributed by atoms with E-state index in [-0.39, 0.29) is 17.2 Å².